The lowest BCUT2D eigenvalue weighted by Crippen LogP contribution is -2.30. The van der Waals surface area contributed by atoms with Gasteiger partial charge in [-0.05, 0) is 36.1 Å². The highest BCUT2D eigenvalue weighted by atomic mass is 35.5. The maximum atomic E-state index is 12.2. The summed E-state index contributed by atoms with van der Waals surface area (Å²) in [6, 6.07) is 5.95. The van der Waals surface area contributed by atoms with Crippen molar-refractivity contribution in [2.75, 3.05) is 25.5 Å². The van der Waals surface area contributed by atoms with Gasteiger partial charge in [0.2, 0.25) is 0 Å². The molecule has 0 radical (unpaired) electrons. The highest BCUT2D eigenvalue weighted by molar-refractivity contribution is 5.94. The molecule has 1 amide bonds. The average molecular weight is 269 g/mol. The van der Waals surface area contributed by atoms with Gasteiger partial charge in [-0.1, -0.05) is 13.8 Å². The summed E-state index contributed by atoms with van der Waals surface area (Å²) in [5, 5.41) is 3.30. The van der Waals surface area contributed by atoms with Crippen LogP contribution in [0.25, 0.3) is 0 Å². The predicted octanol–water partition coefficient (Wildman–Crippen LogP) is 2.80. The fourth-order valence-electron chi connectivity index (χ4n) is 2.29. The number of benzene rings is 1. The van der Waals surface area contributed by atoms with Gasteiger partial charge in [-0.3, -0.25) is 4.79 Å². The topological polar surface area (TPSA) is 32.3 Å². The number of hydrogen-bond acceptors (Lipinski definition) is 2. The molecule has 1 aliphatic rings. The van der Waals surface area contributed by atoms with Crippen LogP contribution in [0.15, 0.2) is 18.2 Å². The molecular formula is C14H21ClN2O. The van der Waals surface area contributed by atoms with E-state index < -0.39 is 0 Å². The van der Waals surface area contributed by atoms with Crippen molar-refractivity contribution in [1.82, 2.24) is 4.90 Å². The zero-order valence-corrected chi connectivity index (χ0v) is 12.0. The molecule has 1 aromatic carbocycles. The summed E-state index contributed by atoms with van der Waals surface area (Å²) in [5.74, 6) is 0.619. The summed E-state index contributed by atoms with van der Waals surface area (Å²) in [4.78, 5) is 14.0. The second kappa shape index (κ2) is 6.10. The minimum absolute atomic E-state index is 0. The number of carbonyl (C=O) groups excluding carboxylic acids is 1. The molecule has 1 heterocycles. The highest BCUT2D eigenvalue weighted by Gasteiger charge is 2.16. The van der Waals surface area contributed by atoms with Crippen molar-refractivity contribution >= 4 is 24.0 Å². The Morgan fingerprint density at radius 1 is 1.44 bits per heavy atom. The molecule has 0 saturated heterocycles. The molecule has 0 unspecified atom stereocenters. The molecule has 1 N–H and O–H groups in total. The van der Waals surface area contributed by atoms with Crippen molar-refractivity contribution in [2.24, 2.45) is 5.92 Å². The lowest BCUT2D eigenvalue weighted by molar-refractivity contribution is 0.0779. The van der Waals surface area contributed by atoms with Crippen molar-refractivity contribution in [3.8, 4) is 0 Å². The first-order valence-corrected chi connectivity index (χ1v) is 6.20. The van der Waals surface area contributed by atoms with E-state index in [-0.39, 0.29) is 18.3 Å². The van der Waals surface area contributed by atoms with Crippen molar-refractivity contribution in [3.05, 3.63) is 29.3 Å². The molecule has 4 heteroatoms. The summed E-state index contributed by atoms with van der Waals surface area (Å²) in [6.07, 6.45) is 1.02. The van der Waals surface area contributed by atoms with Crippen LogP contribution in [0.5, 0.6) is 0 Å². The minimum atomic E-state index is 0. The quantitative estimate of drug-likeness (QED) is 0.914. The SMILES string of the molecule is CC(C)CN(C)C(=O)c1ccc2c(c1)CCN2.Cl. The molecular weight excluding hydrogens is 248 g/mol. The number of halogens is 1. The predicted molar refractivity (Wildman–Crippen MR) is 77.7 cm³/mol. The van der Waals surface area contributed by atoms with E-state index in [0.29, 0.717) is 5.92 Å². The van der Waals surface area contributed by atoms with Crippen molar-refractivity contribution in [1.29, 1.82) is 0 Å². The lowest BCUT2D eigenvalue weighted by Gasteiger charge is -2.19. The molecule has 1 aromatic rings. The van der Waals surface area contributed by atoms with Gasteiger partial charge < -0.3 is 10.2 Å². The summed E-state index contributed by atoms with van der Waals surface area (Å²) in [6.45, 7) is 6.02. The molecule has 0 bridgehead atoms. The number of anilines is 1. The number of nitrogens with one attached hydrogen (secondary N) is 1. The van der Waals surface area contributed by atoms with Crippen LogP contribution < -0.4 is 5.32 Å². The summed E-state index contributed by atoms with van der Waals surface area (Å²) < 4.78 is 0. The third kappa shape index (κ3) is 3.16. The standard InChI is InChI=1S/C14H20N2O.ClH/c1-10(2)9-16(3)14(17)12-4-5-13-11(8-12)6-7-15-13;/h4-5,8,10,15H,6-7,9H2,1-3H3;1H. The van der Waals surface area contributed by atoms with Gasteiger partial charge in [0.1, 0.15) is 0 Å². The molecule has 0 atom stereocenters. The molecule has 100 valence electrons. The smallest absolute Gasteiger partial charge is 0.253 e. The first-order valence-electron chi connectivity index (χ1n) is 6.20. The molecule has 3 nitrogen and oxygen atoms in total. The van der Waals surface area contributed by atoms with E-state index >= 15 is 0 Å². The number of nitrogens with zero attached hydrogens (tertiary/aromatic N) is 1. The van der Waals surface area contributed by atoms with Crippen LogP contribution in [-0.2, 0) is 6.42 Å². The highest BCUT2D eigenvalue weighted by Crippen LogP contribution is 2.23. The van der Waals surface area contributed by atoms with Crippen molar-refractivity contribution in [3.63, 3.8) is 0 Å². The summed E-state index contributed by atoms with van der Waals surface area (Å²) >= 11 is 0. The normalized spacial score (nSPS) is 12.7. The van der Waals surface area contributed by atoms with E-state index in [4.69, 9.17) is 0 Å². The Hall–Kier alpha value is -1.22. The Morgan fingerprint density at radius 3 is 2.83 bits per heavy atom. The van der Waals surface area contributed by atoms with Gasteiger partial charge in [-0.15, -0.1) is 12.4 Å². The number of fused-ring (bicyclic) bond motifs is 1. The maximum Gasteiger partial charge on any atom is 0.253 e. The lowest BCUT2D eigenvalue weighted by atomic mass is 10.1. The van der Waals surface area contributed by atoms with E-state index in [0.717, 1.165) is 25.1 Å². The zero-order chi connectivity index (χ0) is 12.4. The van der Waals surface area contributed by atoms with Crippen molar-refractivity contribution in [2.45, 2.75) is 20.3 Å². The van der Waals surface area contributed by atoms with E-state index in [1.54, 1.807) is 4.90 Å². The van der Waals surface area contributed by atoms with E-state index in [2.05, 4.69) is 19.2 Å². The van der Waals surface area contributed by atoms with Crippen LogP contribution in [-0.4, -0.2) is 30.9 Å². The third-order valence-electron chi connectivity index (χ3n) is 3.05. The molecule has 0 aliphatic carbocycles. The van der Waals surface area contributed by atoms with Gasteiger partial charge in [-0.2, -0.15) is 0 Å². The van der Waals surface area contributed by atoms with E-state index in [1.165, 1.54) is 11.3 Å². The third-order valence-corrected chi connectivity index (χ3v) is 3.05. The van der Waals surface area contributed by atoms with Gasteiger partial charge >= 0.3 is 0 Å². The largest absolute Gasteiger partial charge is 0.384 e. The first-order chi connectivity index (χ1) is 8.08. The Balaban J connectivity index is 0.00000162. The van der Waals surface area contributed by atoms with Gasteiger partial charge in [0, 0.05) is 31.4 Å². The Kier molecular flexibility index (Phi) is 5.03. The van der Waals surface area contributed by atoms with Gasteiger partial charge in [0.25, 0.3) is 5.91 Å². The van der Waals surface area contributed by atoms with Crippen LogP contribution in [0.2, 0.25) is 0 Å². The molecule has 0 fully saturated rings. The molecule has 1 aliphatic heterocycles. The van der Waals surface area contributed by atoms with Crippen LogP contribution in [0.1, 0.15) is 29.8 Å². The number of rotatable bonds is 3. The number of hydrogen-bond donors (Lipinski definition) is 1. The second-order valence-corrected chi connectivity index (χ2v) is 5.13. The van der Waals surface area contributed by atoms with Crippen LogP contribution in [0, 0.1) is 5.92 Å². The molecule has 2 rings (SSSR count). The number of amides is 1. The van der Waals surface area contributed by atoms with Crippen molar-refractivity contribution < 1.29 is 4.79 Å². The fourth-order valence-corrected chi connectivity index (χ4v) is 2.29. The monoisotopic (exact) mass is 268 g/mol. The van der Waals surface area contributed by atoms with Crippen LogP contribution >= 0.6 is 12.4 Å². The van der Waals surface area contributed by atoms with Gasteiger partial charge in [0.05, 0.1) is 0 Å². The van der Waals surface area contributed by atoms with Gasteiger partial charge in [0.15, 0.2) is 0 Å². The first kappa shape index (κ1) is 14.8. The minimum Gasteiger partial charge on any atom is -0.384 e. The Bertz CT molecular complexity index is 432. The number of carbonyl (C=O) groups is 1. The molecule has 0 aromatic heterocycles. The molecule has 0 saturated carbocycles. The zero-order valence-electron chi connectivity index (χ0n) is 11.2. The Morgan fingerprint density at radius 2 is 2.17 bits per heavy atom. The Labute approximate surface area is 115 Å². The van der Waals surface area contributed by atoms with E-state index in [9.17, 15) is 4.79 Å². The van der Waals surface area contributed by atoms with E-state index in [1.807, 2.05) is 25.2 Å². The van der Waals surface area contributed by atoms with Gasteiger partial charge in [-0.25, -0.2) is 0 Å². The molecule has 18 heavy (non-hydrogen) atoms. The van der Waals surface area contributed by atoms with Crippen LogP contribution in [0.3, 0.4) is 0 Å². The fraction of sp³-hybridized carbons (Fsp3) is 0.500. The average Bonchev–Trinajstić information content (AvgIpc) is 2.73. The summed E-state index contributed by atoms with van der Waals surface area (Å²) in [7, 11) is 1.87. The summed E-state index contributed by atoms with van der Waals surface area (Å²) in [5.41, 5.74) is 3.23. The maximum absolute atomic E-state index is 12.2. The molecule has 0 spiro atoms. The van der Waals surface area contributed by atoms with Crippen LogP contribution in [0.4, 0.5) is 5.69 Å². The second-order valence-electron chi connectivity index (χ2n) is 5.13.